The molecule has 1 atom stereocenters. The quantitative estimate of drug-likeness (QED) is 0.874. The second-order valence-electron chi connectivity index (χ2n) is 5.27. The average Bonchev–Trinajstić information content (AvgIpc) is 2.47. The first-order valence-electron chi connectivity index (χ1n) is 6.94. The predicted molar refractivity (Wildman–Crippen MR) is 81.3 cm³/mol. The molecule has 0 bridgehead atoms. The summed E-state index contributed by atoms with van der Waals surface area (Å²) in [5.41, 5.74) is 7.24. The molecule has 0 aliphatic heterocycles. The number of hydrogen-bond donors (Lipinski definition) is 2. The Balaban J connectivity index is 2.02. The minimum absolute atomic E-state index is 0.104. The van der Waals surface area contributed by atoms with E-state index in [0.29, 0.717) is 13.0 Å². The number of aromatic nitrogens is 1. The topological polar surface area (TPSA) is 68.0 Å². The van der Waals surface area contributed by atoms with Crippen molar-refractivity contribution in [1.29, 1.82) is 0 Å². The lowest BCUT2D eigenvalue weighted by atomic mass is 9.99. The summed E-state index contributed by atoms with van der Waals surface area (Å²) in [5.74, 6) is -0.104. The van der Waals surface area contributed by atoms with Crippen molar-refractivity contribution in [3.05, 3.63) is 42.1 Å². The van der Waals surface area contributed by atoms with E-state index in [1.807, 2.05) is 37.3 Å². The SMILES string of the molecule is CCC(C)(N)C(=O)NCCc1cccc2cccnc12. The van der Waals surface area contributed by atoms with Gasteiger partial charge in [-0.25, -0.2) is 0 Å². The number of nitrogens with two attached hydrogens (primary N) is 1. The van der Waals surface area contributed by atoms with E-state index in [-0.39, 0.29) is 5.91 Å². The molecule has 1 aromatic heterocycles. The van der Waals surface area contributed by atoms with Gasteiger partial charge in [0.1, 0.15) is 0 Å². The van der Waals surface area contributed by atoms with Crippen molar-refractivity contribution >= 4 is 16.8 Å². The molecule has 3 N–H and O–H groups in total. The summed E-state index contributed by atoms with van der Waals surface area (Å²) in [6, 6.07) is 10.1. The first kappa shape index (κ1) is 14.5. The molecule has 1 amide bonds. The van der Waals surface area contributed by atoms with Crippen molar-refractivity contribution in [3.8, 4) is 0 Å². The van der Waals surface area contributed by atoms with Crippen LogP contribution in [0.15, 0.2) is 36.5 Å². The van der Waals surface area contributed by atoms with Gasteiger partial charge in [-0.2, -0.15) is 0 Å². The van der Waals surface area contributed by atoms with E-state index in [0.717, 1.165) is 22.9 Å². The molecule has 0 aliphatic carbocycles. The molecule has 0 fully saturated rings. The van der Waals surface area contributed by atoms with Crippen LogP contribution >= 0.6 is 0 Å². The van der Waals surface area contributed by atoms with Crippen molar-refractivity contribution in [1.82, 2.24) is 10.3 Å². The van der Waals surface area contributed by atoms with Crippen LogP contribution in [0, 0.1) is 0 Å². The summed E-state index contributed by atoms with van der Waals surface area (Å²) in [5, 5.41) is 4.01. The molecule has 2 rings (SSSR count). The molecule has 1 heterocycles. The average molecular weight is 271 g/mol. The highest BCUT2D eigenvalue weighted by Gasteiger charge is 2.25. The number of carbonyl (C=O) groups excluding carboxylic acids is 1. The largest absolute Gasteiger partial charge is 0.354 e. The number of fused-ring (bicyclic) bond motifs is 1. The highest BCUT2D eigenvalue weighted by molar-refractivity contribution is 5.85. The van der Waals surface area contributed by atoms with Gasteiger partial charge in [0.2, 0.25) is 5.91 Å². The zero-order valence-electron chi connectivity index (χ0n) is 12.0. The van der Waals surface area contributed by atoms with Crippen LogP contribution in [0.2, 0.25) is 0 Å². The molecule has 4 nitrogen and oxygen atoms in total. The first-order valence-corrected chi connectivity index (χ1v) is 6.94. The van der Waals surface area contributed by atoms with Gasteiger partial charge in [-0.15, -0.1) is 0 Å². The molecule has 1 unspecified atom stereocenters. The van der Waals surface area contributed by atoms with Gasteiger partial charge in [0.05, 0.1) is 11.1 Å². The van der Waals surface area contributed by atoms with E-state index < -0.39 is 5.54 Å². The van der Waals surface area contributed by atoms with Crippen molar-refractivity contribution in [2.45, 2.75) is 32.2 Å². The Kier molecular flexibility index (Phi) is 4.35. The van der Waals surface area contributed by atoms with Crippen LogP contribution in [0.3, 0.4) is 0 Å². The van der Waals surface area contributed by atoms with Crippen LogP contribution in [0.5, 0.6) is 0 Å². The van der Waals surface area contributed by atoms with Gasteiger partial charge in [-0.3, -0.25) is 9.78 Å². The number of rotatable bonds is 5. The lowest BCUT2D eigenvalue weighted by Gasteiger charge is -2.21. The normalized spacial score (nSPS) is 13.9. The predicted octanol–water partition coefficient (Wildman–Crippen LogP) is 2.02. The number of nitrogens with zero attached hydrogens (tertiary/aromatic N) is 1. The van der Waals surface area contributed by atoms with E-state index >= 15 is 0 Å². The summed E-state index contributed by atoms with van der Waals surface area (Å²) in [7, 11) is 0. The third kappa shape index (κ3) is 3.14. The van der Waals surface area contributed by atoms with Crippen molar-refractivity contribution in [2.24, 2.45) is 5.73 Å². The summed E-state index contributed by atoms with van der Waals surface area (Å²) < 4.78 is 0. The Morgan fingerprint density at radius 2 is 2.10 bits per heavy atom. The molecule has 4 heteroatoms. The fourth-order valence-electron chi connectivity index (χ4n) is 2.04. The van der Waals surface area contributed by atoms with E-state index in [4.69, 9.17) is 5.73 Å². The maximum atomic E-state index is 11.9. The van der Waals surface area contributed by atoms with Gasteiger partial charge in [0, 0.05) is 18.1 Å². The lowest BCUT2D eigenvalue weighted by Crippen LogP contribution is -2.51. The van der Waals surface area contributed by atoms with Gasteiger partial charge in [-0.05, 0) is 31.4 Å². The number of carbonyl (C=O) groups is 1. The van der Waals surface area contributed by atoms with E-state index in [1.54, 1.807) is 13.1 Å². The minimum Gasteiger partial charge on any atom is -0.354 e. The monoisotopic (exact) mass is 271 g/mol. The Labute approximate surface area is 119 Å². The molecule has 0 spiro atoms. The van der Waals surface area contributed by atoms with Crippen LogP contribution < -0.4 is 11.1 Å². The number of nitrogens with one attached hydrogen (secondary N) is 1. The number of para-hydroxylation sites is 1. The molecule has 0 saturated carbocycles. The highest BCUT2D eigenvalue weighted by atomic mass is 16.2. The molecule has 0 saturated heterocycles. The van der Waals surface area contributed by atoms with Gasteiger partial charge in [0.15, 0.2) is 0 Å². The van der Waals surface area contributed by atoms with E-state index in [2.05, 4.69) is 10.3 Å². The molecule has 106 valence electrons. The highest BCUT2D eigenvalue weighted by Crippen LogP contribution is 2.16. The van der Waals surface area contributed by atoms with E-state index in [1.165, 1.54) is 0 Å². The van der Waals surface area contributed by atoms with Crippen LogP contribution in [-0.4, -0.2) is 23.0 Å². The molecule has 20 heavy (non-hydrogen) atoms. The first-order chi connectivity index (χ1) is 9.54. The van der Waals surface area contributed by atoms with Gasteiger partial charge >= 0.3 is 0 Å². The standard InChI is InChI=1S/C16H21N3O/c1-3-16(2,17)15(20)19-11-9-13-7-4-6-12-8-5-10-18-14(12)13/h4-8,10H,3,9,11,17H2,1-2H3,(H,19,20). The summed E-state index contributed by atoms with van der Waals surface area (Å²) in [4.78, 5) is 16.3. The van der Waals surface area contributed by atoms with E-state index in [9.17, 15) is 4.79 Å². The Bertz CT molecular complexity index is 602. The summed E-state index contributed by atoms with van der Waals surface area (Å²) in [6.45, 7) is 4.23. The second kappa shape index (κ2) is 6.01. The molecule has 0 aliphatic rings. The van der Waals surface area contributed by atoms with Crippen LogP contribution in [0.1, 0.15) is 25.8 Å². The van der Waals surface area contributed by atoms with Crippen LogP contribution in [-0.2, 0) is 11.2 Å². The lowest BCUT2D eigenvalue weighted by molar-refractivity contribution is -0.125. The zero-order valence-corrected chi connectivity index (χ0v) is 12.0. The number of benzene rings is 1. The Hall–Kier alpha value is -1.94. The summed E-state index contributed by atoms with van der Waals surface area (Å²) >= 11 is 0. The number of hydrogen-bond acceptors (Lipinski definition) is 3. The Morgan fingerprint density at radius 3 is 2.85 bits per heavy atom. The molecule has 1 aromatic carbocycles. The molecular weight excluding hydrogens is 250 g/mol. The molecule has 0 radical (unpaired) electrons. The molecular formula is C16H21N3O. The van der Waals surface area contributed by atoms with Gasteiger partial charge in [0.25, 0.3) is 0 Å². The summed E-state index contributed by atoms with van der Waals surface area (Å²) in [6.07, 6.45) is 3.16. The third-order valence-corrected chi connectivity index (χ3v) is 3.65. The Morgan fingerprint density at radius 1 is 1.35 bits per heavy atom. The van der Waals surface area contributed by atoms with Crippen molar-refractivity contribution in [3.63, 3.8) is 0 Å². The van der Waals surface area contributed by atoms with Crippen LogP contribution in [0.25, 0.3) is 10.9 Å². The fourth-order valence-corrected chi connectivity index (χ4v) is 2.04. The smallest absolute Gasteiger partial charge is 0.239 e. The maximum absolute atomic E-state index is 11.9. The fraction of sp³-hybridized carbons (Fsp3) is 0.375. The zero-order chi connectivity index (χ0) is 14.6. The minimum atomic E-state index is -0.795. The van der Waals surface area contributed by atoms with Crippen molar-refractivity contribution < 1.29 is 4.79 Å². The second-order valence-corrected chi connectivity index (χ2v) is 5.27. The number of pyridine rings is 1. The third-order valence-electron chi connectivity index (χ3n) is 3.65. The number of amides is 1. The maximum Gasteiger partial charge on any atom is 0.239 e. The van der Waals surface area contributed by atoms with Gasteiger partial charge < -0.3 is 11.1 Å². The molecule has 2 aromatic rings. The van der Waals surface area contributed by atoms with Gasteiger partial charge in [-0.1, -0.05) is 31.2 Å². The van der Waals surface area contributed by atoms with Crippen molar-refractivity contribution in [2.75, 3.05) is 6.54 Å². The van der Waals surface area contributed by atoms with Crippen LogP contribution in [0.4, 0.5) is 0 Å².